The van der Waals surface area contributed by atoms with Gasteiger partial charge in [0.25, 0.3) is 0 Å². The molecule has 7 nitrogen and oxygen atoms in total. The summed E-state index contributed by atoms with van der Waals surface area (Å²) in [6.07, 6.45) is -0.211. The SMILES string of the molecule is C[C@H]1C[C@@]2(CCN1Cc1cnn(CC(C)(CO)CCO)c1)OC[C@@H](O)c1cc(C(F)(F)F)sc12. The molecule has 1 spiro atoms. The predicted molar refractivity (Wildman–Crippen MR) is 120 cm³/mol. The predicted octanol–water partition coefficient (Wildman–Crippen LogP) is 3.29. The lowest BCUT2D eigenvalue weighted by Gasteiger charge is -2.47. The number of alkyl halides is 3. The average molecular weight is 504 g/mol. The molecule has 190 valence electrons. The molecule has 1 saturated heterocycles. The summed E-state index contributed by atoms with van der Waals surface area (Å²) in [6.45, 7) is 5.65. The lowest BCUT2D eigenvalue weighted by molar-refractivity contribution is -0.139. The van der Waals surface area contributed by atoms with Crippen molar-refractivity contribution in [2.24, 2.45) is 5.41 Å². The van der Waals surface area contributed by atoms with Crippen molar-refractivity contribution in [3.8, 4) is 0 Å². The Morgan fingerprint density at radius 2 is 2.09 bits per heavy atom. The van der Waals surface area contributed by atoms with Crippen LogP contribution >= 0.6 is 11.3 Å². The lowest BCUT2D eigenvalue weighted by Crippen LogP contribution is -2.50. The van der Waals surface area contributed by atoms with Crippen LogP contribution in [-0.2, 0) is 29.6 Å². The summed E-state index contributed by atoms with van der Waals surface area (Å²) in [5.41, 5.74) is 0.0821. The van der Waals surface area contributed by atoms with Gasteiger partial charge < -0.3 is 20.1 Å². The minimum atomic E-state index is -4.45. The molecular formula is C23H32F3N3O4S. The van der Waals surface area contributed by atoms with Crippen molar-refractivity contribution >= 4 is 11.3 Å². The summed E-state index contributed by atoms with van der Waals surface area (Å²) in [7, 11) is 0. The van der Waals surface area contributed by atoms with Crippen LogP contribution in [0.3, 0.4) is 0 Å². The Kier molecular flexibility index (Phi) is 7.16. The zero-order chi connectivity index (χ0) is 24.7. The molecule has 1 unspecified atom stereocenters. The number of aliphatic hydroxyl groups is 3. The van der Waals surface area contributed by atoms with E-state index in [0.717, 1.165) is 11.6 Å². The Bertz CT molecular complexity index is 997. The van der Waals surface area contributed by atoms with Gasteiger partial charge in [0, 0.05) is 59.9 Å². The first-order valence-corrected chi connectivity index (χ1v) is 12.3. The molecule has 1 fully saturated rings. The van der Waals surface area contributed by atoms with E-state index in [1.54, 1.807) is 10.9 Å². The van der Waals surface area contributed by atoms with Crippen LogP contribution in [-0.4, -0.2) is 62.4 Å². The van der Waals surface area contributed by atoms with Gasteiger partial charge in [0.2, 0.25) is 0 Å². The molecule has 2 aliphatic heterocycles. The van der Waals surface area contributed by atoms with Gasteiger partial charge in [-0.15, -0.1) is 11.3 Å². The van der Waals surface area contributed by atoms with Gasteiger partial charge in [-0.1, -0.05) is 6.92 Å². The Balaban J connectivity index is 1.46. The molecule has 2 aliphatic rings. The number of hydrogen-bond acceptors (Lipinski definition) is 7. The number of thiophene rings is 1. The molecule has 2 aromatic rings. The van der Waals surface area contributed by atoms with Crippen molar-refractivity contribution in [2.45, 2.75) is 70.1 Å². The highest BCUT2D eigenvalue weighted by Crippen LogP contribution is 2.51. The van der Waals surface area contributed by atoms with E-state index in [1.165, 1.54) is 0 Å². The van der Waals surface area contributed by atoms with Crippen LogP contribution in [0.1, 0.15) is 60.1 Å². The maximum Gasteiger partial charge on any atom is 0.425 e. The number of rotatable bonds is 7. The van der Waals surface area contributed by atoms with Crippen LogP contribution in [0.5, 0.6) is 0 Å². The van der Waals surface area contributed by atoms with Crippen molar-refractivity contribution in [3.05, 3.63) is 39.3 Å². The molecule has 0 aromatic carbocycles. The zero-order valence-corrected chi connectivity index (χ0v) is 20.2. The highest BCUT2D eigenvalue weighted by atomic mass is 32.1. The van der Waals surface area contributed by atoms with Crippen LogP contribution < -0.4 is 0 Å². The van der Waals surface area contributed by atoms with Crippen molar-refractivity contribution in [1.82, 2.24) is 14.7 Å². The first-order chi connectivity index (χ1) is 16.0. The van der Waals surface area contributed by atoms with Crippen LogP contribution in [0.15, 0.2) is 18.5 Å². The van der Waals surface area contributed by atoms with Crippen molar-refractivity contribution < 1.29 is 33.2 Å². The second-order valence-electron chi connectivity index (χ2n) is 9.98. The third kappa shape index (κ3) is 5.05. The summed E-state index contributed by atoms with van der Waals surface area (Å²) in [6, 6.07) is 1.13. The summed E-state index contributed by atoms with van der Waals surface area (Å²) in [5, 5.41) is 33.6. The monoisotopic (exact) mass is 503 g/mol. The van der Waals surface area contributed by atoms with Gasteiger partial charge in [0.1, 0.15) is 16.6 Å². The minimum Gasteiger partial charge on any atom is -0.396 e. The number of piperidine rings is 1. The number of aromatic nitrogens is 2. The van der Waals surface area contributed by atoms with Crippen molar-refractivity contribution in [1.29, 1.82) is 0 Å². The molecule has 4 atom stereocenters. The lowest BCUT2D eigenvalue weighted by atomic mass is 9.81. The van der Waals surface area contributed by atoms with Gasteiger partial charge in [-0.05, 0) is 32.3 Å². The molecule has 0 saturated carbocycles. The van der Waals surface area contributed by atoms with E-state index in [4.69, 9.17) is 4.74 Å². The smallest absolute Gasteiger partial charge is 0.396 e. The standard InChI is InChI=1S/C23H32F3N3O4S/c1-15-8-22(20-17(18(32)12-33-22)7-19(34-20)23(24,25)26)3-5-28(15)10-16-9-27-29(11-16)13-21(2,14-31)4-6-30/h7,9,11,15,18,30-32H,3-6,8,10,12-14H2,1-2H3/t15-,18+,21?,22+/m0/s1. The van der Waals surface area contributed by atoms with Crippen molar-refractivity contribution in [2.75, 3.05) is 26.4 Å². The molecule has 0 aliphatic carbocycles. The molecule has 34 heavy (non-hydrogen) atoms. The number of nitrogens with zero attached hydrogens (tertiary/aromatic N) is 3. The number of likely N-dealkylation sites (tertiary alicyclic amines) is 1. The molecule has 4 rings (SSSR count). The fourth-order valence-electron chi connectivity index (χ4n) is 5.05. The number of ether oxygens (including phenoxy) is 1. The first-order valence-electron chi connectivity index (χ1n) is 11.5. The van der Waals surface area contributed by atoms with E-state index >= 15 is 0 Å². The topological polar surface area (TPSA) is 91.0 Å². The molecule has 0 bridgehead atoms. The molecule has 3 N–H and O–H groups in total. The number of fused-ring (bicyclic) bond motifs is 2. The third-order valence-electron chi connectivity index (χ3n) is 7.10. The Morgan fingerprint density at radius 3 is 2.74 bits per heavy atom. The highest BCUT2D eigenvalue weighted by molar-refractivity contribution is 7.12. The summed E-state index contributed by atoms with van der Waals surface area (Å²) < 4.78 is 47.9. The molecule has 4 heterocycles. The van der Waals surface area contributed by atoms with E-state index in [-0.39, 0.29) is 25.9 Å². The second-order valence-corrected chi connectivity index (χ2v) is 11.0. The van der Waals surface area contributed by atoms with E-state index in [9.17, 15) is 28.5 Å². The minimum absolute atomic E-state index is 0.00200. The van der Waals surface area contributed by atoms with E-state index in [1.807, 2.05) is 20.0 Å². The Morgan fingerprint density at radius 1 is 1.32 bits per heavy atom. The normalized spacial score (nSPS) is 27.6. The summed E-state index contributed by atoms with van der Waals surface area (Å²) in [4.78, 5) is 2.07. The van der Waals surface area contributed by atoms with Crippen molar-refractivity contribution in [3.63, 3.8) is 0 Å². The van der Waals surface area contributed by atoms with Crippen LogP contribution in [0.25, 0.3) is 0 Å². The number of hydrogen-bond donors (Lipinski definition) is 3. The highest BCUT2D eigenvalue weighted by Gasteiger charge is 2.48. The maximum absolute atomic E-state index is 13.4. The van der Waals surface area contributed by atoms with E-state index in [0.29, 0.717) is 60.7 Å². The van der Waals surface area contributed by atoms with Gasteiger partial charge in [-0.2, -0.15) is 18.3 Å². The van der Waals surface area contributed by atoms with Crippen LogP contribution in [0.2, 0.25) is 0 Å². The van der Waals surface area contributed by atoms with Crippen LogP contribution in [0.4, 0.5) is 13.2 Å². The quantitative estimate of drug-likeness (QED) is 0.537. The summed E-state index contributed by atoms with van der Waals surface area (Å²) in [5.74, 6) is 0. The van der Waals surface area contributed by atoms with Gasteiger partial charge in [-0.3, -0.25) is 9.58 Å². The van der Waals surface area contributed by atoms with Gasteiger partial charge in [0.05, 0.1) is 19.4 Å². The molecule has 0 radical (unpaired) electrons. The summed E-state index contributed by atoms with van der Waals surface area (Å²) >= 11 is 0.693. The van der Waals surface area contributed by atoms with Gasteiger partial charge in [-0.25, -0.2) is 0 Å². The van der Waals surface area contributed by atoms with E-state index in [2.05, 4.69) is 10.00 Å². The fourth-order valence-corrected chi connectivity index (χ4v) is 6.31. The number of aliphatic hydroxyl groups excluding tert-OH is 3. The molecule has 11 heteroatoms. The van der Waals surface area contributed by atoms with Gasteiger partial charge >= 0.3 is 6.18 Å². The molecular weight excluding hydrogens is 471 g/mol. The van der Waals surface area contributed by atoms with Gasteiger partial charge in [0.15, 0.2) is 0 Å². The zero-order valence-electron chi connectivity index (χ0n) is 19.4. The van der Waals surface area contributed by atoms with E-state index < -0.39 is 28.2 Å². The molecule has 2 aromatic heterocycles. The molecule has 0 amide bonds. The maximum atomic E-state index is 13.4. The average Bonchev–Trinajstić information content (AvgIpc) is 3.41. The second kappa shape index (κ2) is 9.51. The largest absolute Gasteiger partial charge is 0.425 e. The number of halogens is 3. The third-order valence-corrected chi connectivity index (χ3v) is 8.48. The Hall–Kier alpha value is -1.50. The fraction of sp³-hybridized carbons (Fsp3) is 0.696. The van der Waals surface area contributed by atoms with Crippen LogP contribution in [0, 0.1) is 5.41 Å². The Labute approximate surface area is 200 Å². The first kappa shape index (κ1) is 25.6.